The lowest BCUT2D eigenvalue weighted by molar-refractivity contribution is -0.137. The van der Waals surface area contributed by atoms with Gasteiger partial charge in [0.1, 0.15) is 0 Å². The zero-order chi connectivity index (χ0) is 13.7. The number of carboxylic acids is 1. The molecule has 0 saturated heterocycles. The third kappa shape index (κ3) is 4.54. The van der Waals surface area contributed by atoms with Gasteiger partial charge in [0, 0.05) is 23.8 Å². The quantitative estimate of drug-likeness (QED) is 0.888. The molecule has 5 nitrogen and oxygen atoms in total. The molecule has 0 atom stereocenters. The molecule has 18 heavy (non-hydrogen) atoms. The molecule has 0 spiro atoms. The normalized spacial score (nSPS) is 9.94. The molecule has 0 radical (unpaired) electrons. The monoisotopic (exact) mass is 334 g/mol. The molecule has 1 aromatic rings. The van der Waals surface area contributed by atoms with Crippen molar-refractivity contribution in [1.82, 2.24) is 4.90 Å². The number of nitrogens with one attached hydrogen (secondary N) is 1. The average molecular weight is 336 g/mol. The number of rotatable bonds is 4. The number of benzene rings is 1. The van der Waals surface area contributed by atoms with Gasteiger partial charge in [-0.3, -0.25) is 4.79 Å². The van der Waals surface area contributed by atoms with E-state index in [0.717, 1.165) is 0 Å². The number of carbonyl (C=O) groups excluding carboxylic acids is 1. The van der Waals surface area contributed by atoms with Gasteiger partial charge < -0.3 is 15.3 Å². The molecule has 0 unspecified atom stereocenters. The lowest BCUT2D eigenvalue weighted by atomic mass is 10.3. The van der Waals surface area contributed by atoms with E-state index in [2.05, 4.69) is 21.2 Å². The molecule has 0 aliphatic heterocycles. The van der Waals surface area contributed by atoms with E-state index in [4.69, 9.17) is 16.7 Å². The zero-order valence-corrected chi connectivity index (χ0v) is 12.0. The van der Waals surface area contributed by atoms with Crippen LogP contribution in [-0.4, -0.2) is 35.6 Å². The average Bonchev–Trinajstić information content (AvgIpc) is 2.30. The van der Waals surface area contributed by atoms with Crippen LogP contribution in [0.1, 0.15) is 6.42 Å². The maximum absolute atomic E-state index is 11.7. The second-order valence-corrected chi connectivity index (χ2v) is 4.89. The van der Waals surface area contributed by atoms with Gasteiger partial charge in [0.15, 0.2) is 0 Å². The minimum Gasteiger partial charge on any atom is -0.481 e. The van der Waals surface area contributed by atoms with Crippen LogP contribution in [0.4, 0.5) is 10.5 Å². The number of amides is 2. The number of carboxylic acid groups (broad SMARTS) is 1. The van der Waals surface area contributed by atoms with Crippen LogP contribution in [0.25, 0.3) is 0 Å². The predicted molar refractivity (Wildman–Crippen MR) is 73.1 cm³/mol. The van der Waals surface area contributed by atoms with Crippen molar-refractivity contribution in [3.05, 3.63) is 27.7 Å². The minimum atomic E-state index is -0.941. The van der Waals surface area contributed by atoms with Gasteiger partial charge in [-0.05, 0) is 34.1 Å². The summed E-state index contributed by atoms with van der Waals surface area (Å²) in [6.07, 6.45) is -0.0891. The molecule has 2 amide bonds. The van der Waals surface area contributed by atoms with Crippen LogP contribution in [0.15, 0.2) is 22.7 Å². The number of carbonyl (C=O) groups is 2. The molecule has 0 aliphatic rings. The van der Waals surface area contributed by atoms with E-state index in [-0.39, 0.29) is 19.0 Å². The van der Waals surface area contributed by atoms with Gasteiger partial charge in [0.2, 0.25) is 0 Å². The fraction of sp³-hybridized carbons (Fsp3) is 0.273. The van der Waals surface area contributed by atoms with E-state index >= 15 is 0 Å². The number of aliphatic carboxylic acids is 1. The predicted octanol–water partition coefficient (Wildman–Crippen LogP) is 3.04. The molecule has 0 aromatic heterocycles. The Kier molecular flexibility index (Phi) is 5.43. The highest BCUT2D eigenvalue weighted by Crippen LogP contribution is 2.25. The van der Waals surface area contributed by atoms with Crippen molar-refractivity contribution >= 4 is 45.2 Å². The van der Waals surface area contributed by atoms with Gasteiger partial charge in [-0.2, -0.15) is 0 Å². The Morgan fingerprint density at radius 1 is 1.50 bits per heavy atom. The van der Waals surface area contributed by atoms with E-state index in [1.165, 1.54) is 11.9 Å². The molecule has 0 heterocycles. The number of nitrogens with zero attached hydrogens (tertiary/aromatic N) is 1. The number of urea groups is 1. The van der Waals surface area contributed by atoms with E-state index in [1.807, 2.05) is 0 Å². The van der Waals surface area contributed by atoms with E-state index in [0.29, 0.717) is 15.2 Å². The van der Waals surface area contributed by atoms with Crippen LogP contribution < -0.4 is 5.32 Å². The molecule has 0 saturated carbocycles. The highest BCUT2D eigenvalue weighted by atomic mass is 79.9. The van der Waals surface area contributed by atoms with Crippen molar-refractivity contribution in [2.45, 2.75) is 6.42 Å². The standard InChI is InChI=1S/C11H12BrClN2O3/c1-15(5-4-10(16)17)11(18)14-7-2-3-9(13)8(12)6-7/h2-3,6H,4-5H2,1H3,(H,14,18)(H,16,17). The Morgan fingerprint density at radius 3 is 2.72 bits per heavy atom. The second kappa shape index (κ2) is 6.61. The van der Waals surface area contributed by atoms with Gasteiger partial charge in [0.25, 0.3) is 0 Å². The van der Waals surface area contributed by atoms with Crippen LogP contribution in [0.5, 0.6) is 0 Å². The van der Waals surface area contributed by atoms with Crippen molar-refractivity contribution in [1.29, 1.82) is 0 Å². The maximum atomic E-state index is 11.7. The first-order valence-electron chi connectivity index (χ1n) is 5.09. The molecule has 0 fully saturated rings. The lowest BCUT2D eigenvalue weighted by Gasteiger charge is -2.17. The summed E-state index contributed by atoms with van der Waals surface area (Å²) in [5, 5.41) is 11.7. The molecule has 2 N–H and O–H groups in total. The highest BCUT2D eigenvalue weighted by Gasteiger charge is 2.10. The number of anilines is 1. The van der Waals surface area contributed by atoms with Crippen molar-refractivity contribution in [2.24, 2.45) is 0 Å². The Labute approximate surface area is 118 Å². The molecule has 98 valence electrons. The summed E-state index contributed by atoms with van der Waals surface area (Å²) in [6, 6.07) is 4.62. The first-order chi connectivity index (χ1) is 8.40. The highest BCUT2D eigenvalue weighted by molar-refractivity contribution is 9.10. The van der Waals surface area contributed by atoms with Crippen LogP contribution >= 0.6 is 27.5 Å². The summed E-state index contributed by atoms with van der Waals surface area (Å²) < 4.78 is 0.676. The Bertz CT molecular complexity index is 468. The SMILES string of the molecule is CN(CCC(=O)O)C(=O)Nc1ccc(Cl)c(Br)c1. The first-order valence-corrected chi connectivity index (χ1v) is 6.26. The number of halogens is 2. The van der Waals surface area contributed by atoms with E-state index < -0.39 is 5.97 Å². The van der Waals surface area contributed by atoms with E-state index in [9.17, 15) is 9.59 Å². The van der Waals surface area contributed by atoms with Crippen LogP contribution in [-0.2, 0) is 4.79 Å². The summed E-state index contributed by atoms with van der Waals surface area (Å²) in [5.74, 6) is -0.941. The fourth-order valence-corrected chi connectivity index (χ4v) is 1.65. The largest absolute Gasteiger partial charge is 0.481 e. The summed E-state index contributed by atoms with van der Waals surface area (Å²) in [5.41, 5.74) is 0.582. The van der Waals surface area contributed by atoms with E-state index in [1.54, 1.807) is 18.2 Å². The molecule has 1 aromatic carbocycles. The summed E-state index contributed by atoms with van der Waals surface area (Å²) in [6.45, 7) is 0.149. The third-order valence-corrected chi connectivity index (χ3v) is 3.39. The lowest BCUT2D eigenvalue weighted by Crippen LogP contribution is -2.33. The molecule has 0 bridgehead atoms. The van der Waals surface area contributed by atoms with Crippen molar-refractivity contribution in [3.63, 3.8) is 0 Å². The van der Waals surface area contributed by atoms with Crippen molar-refractivity contribution < 1.29 is 14.7 Å². The molecule has 1 rings (SSSR count). The first kappa shape index (κ1) is 14.8. The molecular formula is C11H12BrClN2O3. The second-order valence-electron chi connectivity index (χ2n) is 3.62. The Morgan fingerprint density at radius 2 is 2.17 bits per heavy atom. The molecule has 7 heteroatoms. The Balaban J connectivity index is 2.58. The van der Waals surface area contributed by atoms with Crippen LogP contribution in [0, 0.1) is 0 Å². The fourth-order valence-electron chi connectivity index (χ4n) is 1.16. The van der Waals surface area contributed by atoms with Gasteiger partial charge in [-0.25, -0.2) is 4.79 Å². The summed E-state index contributed by atoms with van der Waals surface area (Å²) in [4.78, 5) is 23.4. The zero-order valence-electron chi connectivity index (χ0n) is 9.61. The van der Waals surface area contributed by atoms with Crippen LogP contribution in [0.2, 0.25) is 5.02 Å². The van der Waals surface area contributed by atoms with Gasteiger partial charge in [0.05, 0.1) is 11.4 Å². The van der Waals surface area contributed by atoms with Crippen LogP contribution in [0.3, 0.4) is 0 Å². The summed E-state index contributed by atoms with van der Waals surface area (Å²) >= 11 is 9.08. The number of hydrogen-bond acceptors (Lipinski definition) is 2. The third-order valence-electron chi connectivity index (χ3n) is 2.18. The minimum absolute atomic E-state index is 0.0891. The summed E-state index contributed by atoms with van der Waals surface area (Å²) in [7, 11) is 1.53. The Hall–Kier alpha value is -1.27. The van der Waals surface area contributed by atoms with Gasteiger partial charge in [-0.15, -0.1) is 0 Å². The van der Waals surface area contributed by atoms with Crippen molar-refractivity contribution in [3.8, 4) is 0 Å². The van der Waals surface area contributed by atoms with Crippen molar-refractivity contribution in [2.75, 3.05) is 18.9 Å². The molecular weight excluding hydrogens is 323 g/mol. The van der Waals surface area contributed by atoms with Gasteiger partial charge in [-0.1, -0.05) is 11.6 Å². The molecule has 0 aliphatic carbocycles. The topological polar surface area (TPSA) is 69.6 Å². The number of hydrogen-bond donors (Lipinski definition) is 2. The smallest absolute Gasteiger partial charge is 0.321 e. The van der Waals surface area contributed by atoms with Gasteiger partial charge >= 0.3 is 12.0 Å². The maximum Gasteiger partial charge on any atom is 0.321 e.